The lowest BCUT2D eigenvalue weighted by molar-refractivity contribution is 0.102. The van der Waals surface area contributed by atoms with Gasteiger partial charge < -0.3 is 0 Å². The summed E-state index contributed by atoms with van der Waals surface area (Å²) in [6.07, 6.45) is 0. The average Bonchev–Trinajstić information content (AvgIpc) is 2.10. The number of carbonyl (C=O) groups excluding carboxylic acids is 1. The Morgan fingerprint density at radius 1 is 1.62 bits per heavy atom. The molecule has 1 aromatic rings. The van der Waals surface area contributed by atoms with Crippen molar-refractivity contribution < 1.29 is 9.18 Å². The number of ketones is 1. The minimum atomic E-state index is -0.503. The van der Waals surface area contributed by atoms with Gasteiger partial charge in [-0.15, -0.1) is 0 Å². The van der Waals surface area contributed by atoms with Gasteiger partial charge in [0.1, 0.15) is 5.82 Å². The molecule has 5 heteroatoms. The lowest BCUT2D eigenvalue weighted by atomic mass is 10.1. The molecule has 0 bridgehead atoms. The Morgan fingerprint density at radius 3 is 2.77 bits per heavy atom. The Bertz CT molecular complexity index is 356. The van der Waals surface area contributed by atoms with Crippen molar-refractivity contribution in [2.24, 2.45) is 0 Å². The summed E-state index contributed by atoms with van der Waals surface area (Å²) in [5.74, 6) is -0.608. The van der Waals surface area contributed by atoms with Gasteiger partial charge in [0.15, 0.2) is 5.78 Å². The Balaban J connectivity index is 3.23. The molecule has 70 valence electrons. The summed E-state index contributed by atoms with van der Waals surface area (Å²) in [5.41, 5.74) is 0.448. The van der Waals surface area contributed by atoms with Crippen LogP contribution >= 0.6 is 50.1 Å². The molecule has 0 saturated heterocycles. The standard InChI is InChI=1S/C8H4BrClFIO/c9-3-8(13)4-1-5(10)6(11)2-7(4)12/h1-2H,3H2. The number of halogens is 4. The lowest BCUT2D eigenvalue weighted by Gasteiger charge is -2.02. The summed E-state index contributed by atoms with van der Waals surface area (Å²) in [7, 11) is 0. The van der Waals surface area contributed by atoms with Crippen molar-refractivity contribution in [1.82, 2.24) is 0 Å². The average molecular weight is 377 g/mol. The molecule has 0 unspecified atom stereocenters. The van der Waals surface area contributed by atoms with E-state index in [-0.39, 0.29) is 16.1 Å². The van der Waals surface area contributed by atoms with Crippen molar-refractivity contribution in [3.05, 3.63) is 32.1 Å². The van der Waals surface area contributed by atoms with Crippen molar-refractivity contribution in [2.75, 3.05) is 5.33 Å². The summed E-state index contributed by atoms with van der Waals surface area (Å²) in [5, 5.41) is 0.190. The molecule has 0 N–H and O–H groups in total. The third kappa shape index (κ3) is 2.63. The summed E-state index contributed by atoms with van der Waals surface area (Å²) >= 11 is 10.5. The van der Waals surface area contributed by atoms with E-state index < -0.39 is 5.82 Å². The summed E-state index contributed by atoms with van der Waals surface area (Å²) < 4.78 is 13.4. The zero-order valence-electron chi connectivity index (χ0n) is 6.28. The van der Waals surface area contributed by atoms with E-state index >= 15 is 0 Å². The van der Waals surface area contributed by atoms with E-state index in [0.717, 1.165) is 0 Å². The molecule has 0 radical (unpaired) electrons. The fraction of sp³-hybridized carbons (Fsp3) is 0.125. The van der Waals surface area contributed by atoms with Gasteiger partial charge in [-0.25, -0.2) is 4.39 Å². The van der Waals surface area contributed by atoms with Crippen LogP contribution in [0.3, 0.4) is 0 Å². The van der Waals surface area contributed by atoms with E-state index in [4.69, 9.17) is 11.6 Å². The van der Waals surface area contributed by atoms with E-state index in [2.05, 4.69) is 15.9 Å². The first-order valence-corrected chi connectivity index (χ1v) is 5.87. The van der Waals surface area contributed by atoms with E-state index in [1.807, 2.05) is 22.6 Å². The first-order valence-electron chi connectivity index (χ1n) is 3.30. The minimum absolute atomic E-state index is 0.0234. The molecule has 0 atom stereocenters. The van der Waals surface area contributed by atoms with Gasteiger partial charge in [-0.1, -0.05) is 27.5 Å². The maximum absolute atomic E-state index is 12.9. The minimum Gasteiger partial charge on any atom is -0.293 e. The molecule has 0 aliphatic heterocycles. The molecular formula is C8H4BrClFIO. The molecular weight excluding hydrogens is 373 g/mol. The normalized spacial score (nSPS) is 10.2. The van der Waals surface area contributed by atoms with Crippen LogP contribution in [-0.4, -0.2) is 11.1 Å². The van der Waals surface area contributed by atoms with E-state index in [1.165, 1.54) is 12.1 Å². The van der Waals surface area contributed by atoms with E-state index in [1.54, 1.807) is 0 Å². The Morgan fingerprint density at radius 2 is 2.23 bits per heavy atom. The number of carbonyl (C=O) groups is 1. The topological polar surface area (TPSA) is 17.1 Å². The van der Waals surface area contributed by atoms with Crippen LogP contribution in [0.25, 0.3) is 0 Å². The van der Waals surface area contributed by atoms with Crippen LogP contribution < -0.4 is 0 Å². The molecule has 0 aromatic heterocycles. The molecule has 1 rings (SSSR count). The molecule has 0 fully saturated rings. The molecule has 1 aromatic carbocycles. The van der Waals surface area contributed by atoms with Gasteiger partial charge in [0, 0.05) is 9.13 Å². The summed E-state index contributed by atoms with van der Waals surface area (Å²) in [6, 6.07) is 2.60. The number of hydrogen-bond acceptors (Lipinski definition) is 1. The first kappa shape index (κ1) is 11.4. The number of rotatable bonds is 2. The first-order chi connectivity index (χ1) is 6.06. The van der Waals surface area contributed by atoms with Crippen LogP contribution in [0.1, 0.15) is 10.4 Å². The number of hydrogen-bond donors (Lipinski definition) is 0. The van der Waals surface area contributed by atoms with E-state index in [0.29, 0.717) is 9.13 Å². The number of Topliss-reactive ketones (excluding diaryl/α,β-unsaturated/α-hetero) is 1. The second kappa shape index (κ2) is 4.70. The predicted octanol–water partition coefficient (Wildman–Crippen LogP) is 3.66. The SMILES string of the molecule is O=C(CBr)c1cc(Cl)c(F)cc1I. The molecule has 0 spiro atoms. The highest BCUT2D eigenvalue weighted by Gasteiger charge is 2.12. The van der Waals surface area contributed by atoms with Crippen LogP contribution in [0.2, 0.25) is 5.02 Å². The molecule has 13 heavy (non-hydrogen) atoms. The van der Waals surface area contributed by atoms with Gasteiger partial charge in [-0.2, -0.15) is 0 Å². The summed E-state index contributed by atoms with van der Waals surface area (Å²) in [6.45, 7) is 0. The maximum Gasteiger partial charge on any atom is 0.174 e. The van der Waals surface area contributed by atoms with E-state index in [9.17, 15) is 9.18 Å². The van der Waals surface area contributed by atoms with Gasteiger partial charge in [0.25, 0.3) is 0 Å². The Kier molecular flexibility index (Phi) is 4.12. The second-order valence-electron chi connectivity index (χ2n) is 2.30. The fourth-order valence-electron chi connectivity index (χ4n) is 0.808. The summed E-state index contributed by atoms with van der Waals surface area (Å²) in [4.78, 5) is 11.3. The van der Waals surface area contributed by atoms with Gasteiger partial charge in [0.05, 0.1) is 10.4 Å². The molecule has 0 aliphatic carbocycles. The van der Waals surface area contributed by atoms with Gasteiger partial charge in [-0.3, -0.25) is 4.79 Å². The fourth-order valence-corrected chi connectivity index (χ4v) is 2.00. The maximum atomic E-state index is 12.9. The monoisotopic (exact) mass is 376 g/mol. The molecule has 1 nitrogen and oxygen atoms in total. The van der Waals surface area contributed by atoms with Crippen LogP contribution in [0, 0.1) is 9.39 Å². The molecule has 0 amide bonds. The van der Waals surface area contributed by atoms with Crippen LogP contribution in [-0.2, 0) is 0 Å². The quantitative estimate of drug-likeness (QED) is 0.333. The highest BCUT2D eigenvalue weighted by molar-refractivity contribution is 14.1. The molecule has 0 aliphatic rings. The molecule has 0 saturated carbocycles. The van der Waals surface area contributed by atoms with Crippen molar-refractivity contribution in [1.29, 1.82) is 0 Å². The van der Waals surface area contributed by atoms with Crippen LogP contribution in [0.15, 0.2) is 12.1 Å². The van der Waals surface area contributed by atoms with Crippen molar-refractivity contribution in [3.63, 3.8) is 0 Å². The van der Waals surface area contributed by atoms with Crippen LogP contribution in [0.4, 0.5) is 4.39 Å². The van der Waals surface area contributed by atoms with Gasteiger partial charge in [-0.05, 0) is 34.7 Å². The Labute approximate surface area is 102 Å². The molecule has 0 heterocycles. The van der Waals surface area contributed by atoms with Crippen molar-refractivity contribution in [3.8, 4) is 0 Å². The lowest BCUT2D eigenvalue weighted by Crippen LogP contribution is -2.03. The number of benzene rings is 1. The third-order valence-corrected chi connectivity index (χ3v) is 3.12. The zero-order valence-corrected chi connectivity index (χ0v) is 10.8. The van der Waals surface area contributed by atoms with Crippen molar-refractivity contribution in [2.45, 2.75) is 0 Å². The van der Waals surface area contributed by atoms with Gasteiger partial charge in [0.2, 0.25) is 0 Å². The third-order valence-electron chi connectivity index (χ3n) is 1.43. The highest BCUT2D eigenvalue weighted by Crippen LogP contribution is 2.22. The zero-order chi connectivity index (χ0) is 10.0. The smallest absolute Gasteiger partial charge is 0.174 e. The van der Waals surface area contributed by atoms with Crippen molar-refractivity contribution >= 4 is 55.9 Å². The van der Waals surface area contributed by atoms with Crippen LogP contribution in [0.5, 0.6) is 0 Å². The predicted molar refractivity (Wildman–Crippen MR) is 62.3 cm³/mol. The van der Waals surface area contributed by atoms with Gasteiger partial charge >= 0.3 is 0 Å². The largest absolute Gasteiger partial charge is 0.293 e. The second-order valence-corrected chi connectivity index (χ2v) is 4.43. The highest BCUT2D eigenvalue weighted by atomic mass is 127. The number of alkyl halides is 1. The Hall–Kier alpha value is 0.320.